The van der Waals surface area contributed by atoms with Crippen molar-refractivity contribution in [2.24, 2.45) is 0 Å². The second-order valence-electron chi connectivity index (χ2n) is 5.54. The van der Waals surface area contributed by atoms with E-state index >= 15 is 0 Å². The lowest BCUT2D eigenvalue weighted by Crippen LogP contribution is -2.43. The van der Waals surface area contributed by atoms with Crippen LogP contribution in [0, 0.1) is 5.82 Å². The topological polar surface area (TPSA) is 38.8 Å². The fourth-order valence-electron chi connectivity index (χ4n) is 2.77. The highest BCUT2D eigenvalue weighted by molar-refractivity contribution is 6.31. The molecule has 2 aromatic carbocycles. The Labute approximate surface area is 144 Å². The van der Waals surface area contributed by atoms with Crippen molar-refractivity contribution < 1.29 is 18.7 Å². The monoisotopic (exact) mass is 349 g/mol. The van der Waals surface area contributed by atoms with Gasteiger partial charge in [0, 0.05) is 6.54 Å². The Hall–Kier alpha value is -2.11. The van der Waals surface area contributed by atoms with Gasteiger partial charge in [0.25, 0.3) is 0 Å². The van der Waals surface area contributed by atoms with Crippen LogP contribution >= 0.6 is 11.6 Å². The average molecular weight is 350 g/mol. The number of ether oxygens (including phenoxy) is 2. The standard InChI is InChI=1S/C18H17ClFNO3/c1-23-13-7-5-12(6-8-13)9-21-16(10-24-11-17(21)22)14-3-2-4-15(20)18(14)19/h2-8,16H,9-11H2,1H3. The molecule has 0 radical (unpaired) electrons. The molecule has 1 aliphatic rings. The molecule has 0 saturated carbocycles. The van der Waals surface area contributed by atoms with E-state index in [1.807, 2.05) is 24.3 Å². The van der Waals surface area contributed by atoms with Crippen LogP contribution in [0.25, 0.3) is 0 Å². The summed E-state index contributed by atoms with van der Waals surface area (Å²) in [6, 6.07) is 11.6. The molecule has 2 aromatic rings. The van der Waals surface area contributed by atoms with Crippen molar-refractivity contribution >= 4 is 17.5 Å². The van der Waals surface area contributed by atoms with Gasteiger partial charge >= 0.3 is 0 Å². The first kappa shape index (κ1) is 16.7. The average Bonchev–Trinajstić information content (AvgIpc) is 2.60. The molecule has 0 aromatic heterocycles. The van der Waals surface area contributed by atoms with E-state index in [4.69, 9.17) is 21.1 Å². The Kier molecular flexibility index (Phi) is 5.02. The molecule has 1 heterocycles. The van der Waals surface area contributed by atoms with Gasteiger partial charge in [-0.1, -0.05) is 35.9 Å². The normalized spacial score (nSPS) is 17.9. The van der Waals surface area contributed by atoms with Crippen molar-refractivity contribution in [1.82, 2.24) is 4.90 Å². The zero-order valence-electron chi connectivity index (χ0n) is 13.2. The summed E-state index contributed by atoms with van der Waals surface area (Å²) in [5.41, 5.74) is 1.50. The van der Waals surface area contributed by atoms with Crippen LogP contribution in [-0.4, -0.2) is 31.1 Å². The fourth-order valence-corrected chi connectivity index (χ4v) is 3.02. The first-order valence-corrected chi connectivity index (χ1v) is 7.92. The van der Waals surface area contributed by atoms with E-state index < -0.39 is 11.9 Å². The number of hydrogen-bond acceptors (Lipinski definition) is 3. The van der Waals surface area contributed by atoms with Crippen LogP contribution in [0.4, 0.5) is 4.39 Å². The van der Waals surface area contributed by atoms with Gasteiger partial charge in [-0.15, -0.1) is 0 Å². The van der Waals surface area contributed by atoms with Crippen LogP contribution in [0.5, 0.6) is 5.75 Å². The van der Waals surface area contributed by atoms with E-state index in [0.717, 1.165) is 11.3 Å². The van der Waals surface area contributed by atoms with Gasteiger partial charge in [-0.25, -0.2) is 4.39 Å². The van der Waals surface area contributed by atoms with Gasteiger partial charge < -0.3 is 14.4 Å². The number of amides is 1. The highest BCUT2D eigenvalue weighted by atomic mass is 35.5. The van der Waals surface area contributed by atoms with Crippen molar-refractivity contribution in [2.45, 2.75) is 12.6 Å². The number of carbonyl (C=O) groups is 1. The number of benzene rings is 2. The largest absolute Gasteiger partial charge is 0.497 e. The molecule has 24 heavy (non-hydrogen) atoms. The number of carbonyl (C=O) groups excluding carboxylic acids is 1. The predicted molar refractivity (Wildman–Crippen MR) is 88.5 cm³/mol. The van der Waals surface area contributed by atoms with Crippen LogP contribution in [0.1, 0.15) is 17.2 Å². The minimum Gasteiger partial charge on any atom is -0.497 e. The smallest absolute Gasteiger partial charge is 0.249 e. The van der Waals surface area contributed by atoms with Crippen molar-refractivity contribution in [2.75, 3.05) is 20.3 Å². The van der Waals surface area contributed by atoms with E-state index in [9.17, 15) is 9.18 Å². The van der Waals surface area contributed by atoms with Crippen LogP contribution in [0.2, 0.25) is 5.02 Å². The molecule has 1 amide bonds. The molecule has 0 N–H and O–H groups in total. The summed E-state index contributed by atoms with van der Waals surface area (Å²) in [7, 11) is 1.60. The Balaban J connectivity index is 1.89. The lowest BCUT2D eigenvalue weighted by atomic mass is 10.0. The molecule has 1 aliphatic heterocycles. The van der Waals surface area contributed by atoms with Gasteiger partial charge in [-0.05, 0) is 29.3 Å². The summed E-state index contributed by atoms with van der Waals surface area (Å²) in [5.74, 6) is 0.0933. The molecule has 1 atom stereocenters. The van der Waals surface area contributed by atoms with Gasteiger partial charge in [0.2, 0.25) is 5.91 Å². The number of rotatable bonds is 4. The van der Waals surface area contributed by atoms with E-state index in [0.29, 0.717) is 12.1 Å². The molecule has 0 spiro atoms. The summed E-state index contributed by atoms with van der Waals surface area (Å²) < 4.78 is 24.3. The Bertz CT molecular complexity index is 736. The first-order valence-electron chi connectivity index (χ1n) is 7.54. The summed E-state index contributed by atoms with van der Waals surface area (Å²) >= 11 is 6.10. The van der Waals surface area contributed by atoms with Crippen LogP contribution in [0.15, 0.2) is 42.5 Å². The molecular formula is C18H17ClFNO3. The molecular weight excluding hydrogens is 333 g/mol. The van der Waals surface area contributed by atoms with Crippen molar-refractivity contribution in [3.63, 3.8) is 0 Å². The molecule has 4 nitrogen and oxygen atoms in total. The minimum absolute atomic E-state index is 0.0135. The molecule has 6 heteroatoms. The zero-order valence-corrected chi connectivity index (χ0v) is 13.9. The van der Waals surface area contributed by atoms with Crippen molar-refractivity contribution in [3.8, 4) is 5.75 Å². The predicted octanol–water partition coefficient (Wildman–Crippen LogP) is 3.59. The maximum atomic E-state index is 13.8. The van der Waals surface area contributed by atoms with E-state index in [1.54, 1.807) is 24.1 Å². The van der Waals surface area contributed by atoms with E-state index in [-0.39, 0.29) is 24.1 Å². The van der Waals surface area contributed by atoms with Crippen LogP contribution in [-0.2, 0) is 16.1 Å². The third-order valence-electron chi connectivity index (χ3n) is 4.05. The Morgan fingerprint density at radius 2 is 2.04 bits per heavy atom. The summed E-state index contributed by atoms with van der Waals surface area (Å²) in [6.07, 6.45) is 0. The maximum absolute atomic E-state index is 13.8. The number of morpholine rings is 1. The summed E-state index contributed by atoms with van der Waals surface area (Å²) in [6.45, 7) is 0.689. The lowest BCUT2D eigenvalue weighted by molar-refractivity contribution is -0.149. The molecule has 1 saturated heterocycles. The number of nitrogens with zero attached hydrogens (tertiary/aromatic N) is 1. The molecule has 1 unspecified atom stereocenters. The molecule has 0 aliphatic carbocycles. The summed E-state index contributed by atoms with van der Waals surface area (Å²) in [4.78, 5) is 14.0. The van der Waals surface area contributed by atoms with Crippen LogP contribution in [0.3, 0.4) is 0 Å². The van der Waals surface area contributed by atoms with Crippen LogP contribution < -0.4 is 4.74 Å². The van der Waals surface area contributed by atoms with E-state index in [2.05, 4.69) is 0 Å². The molecule has 0 bridgehead atoms. The maximum Gasteiger partial charge on any atom is 0.249 e. The zero-order chi connectivity index (χ0) is 17.1. The molecule has 3 rings (SSSR count). The second-order valence-corrected chi connectivity index (χ2v) is 5.92. The van der Waals surface area contributed by atoms with Gasteiger partial charge in [-0.3, -0.25) is 4.79 Å². The Morgan fingerprint density at radius 3 is 2.75 bits per heavy atom. The second kappa shape index (κ2) is 7.20. The minimum atomic E-state index is -0.503. The highest BCUT2D eigenvalue weighted by Crippen LogP contribution is 2.33. The highest BCUT2D eigenvalue weighted by Gasteiger charge is 2.31. The lowest BCUT2D eigenvalue weighted by Gasteiger charge is -2.36. The van der Waals surface area contributed by atoms with E-state index in [1.165, 1.54) is 6.07 Å². The molecule has 1 fully saturated rings. The first-order chi connectivity index (χ1) is 11.6. The Morgan fingerprint density at radius 1 is 1.29 bits per heavy atom. The van der Waals surface area contributed by atoms with Crippen molar-refractivity contribution in [1.29, 1.82) is 0 Å². The quantitative estimate of drug-likeness (QED) is 0.846. The fraction of sp³-hybridized carbons (Fsp3) is 0.278. The van der Waals surface area contributed by atoms with Crippen molar-refractivity contribution in [3.05, 3.63) is 64.4 Å². The van der Waals surface area contributed by atoms with Gasteiger partial charge in [0.15, 0.2) is 0 Å². The van der Waals surface area contributed by atoms with Gasteiger partial charge in [0.1, 0.15) is 18.2 Å². The third-order valence-corrected chi connectivity index (χ3v) is 4.45. The third kappa shape index (κ3) is 3.37. The van der Waals surface area contributed by atoms with Gasteiger partial charge in [0.05, 0.1) is 24.8 Å². The number of halogens is 2. The SMILES string of the molecule is COc1ccc(CN2C(=O)COCC2c2cccc(F)c2Cl)cc1. The number of methoxy groups -OCH3 is 1. The molecule has 126 valence electrons. The van der Waals surface area contributed by atoms with Gasteiger partial charge in [-0.2, -0.15) is 0 Å². The summed E-state index contributed by atoms with van der Waals surface area (Å²) in [5, 5.41) is 0.0283. The number of hydrogen-bond donors (Lipinski definition) is 0.